The number of aryl methyl sites for hydroxylation is 1. The molecule has 1 N–H and O–H groups in total. The lowest BCUT2D eigenvalue weighted by Crippen LogP contribution is -2.34. The zero-order valence-electron chi connectivity index (χ0n) is 12.4. The fraction of sp³-hybridized carbons (Fsp3) is 0.312. The van der Waals surface area contributed by atoms with Gasteiger partial charge < -0.3 is 15.0 Å². The van der Waals surface area contributed by atoms with Crippen LogP contribution in [0.15, 0.2) is 42.6 Å². The van der Waals surface area contributed by atoms with E-state index >= 15 is 0 Å². The Hall–Kier alpha value is -2.63. The molecule has 1 aliphatic rings. The third kappa shape index (κ3) is 3.52. The summed E-state index contributed by atoms with van der Waals surface area (Å²) in [6.45, 7) is 3.05. The van der Waals surface area contributed by atoms with Gasteiger partial charge in [0, 0.05) is 30.9 Å². The molecule has 2 amide bonds. The molecule has 2 aromatic rings. The molecule has 6 heteroatoms. The Bertz CT molecular complexity index is 648. The minimum atomic E-state index is -0.101. The lowest BCUT2D eigenvalue weighted by molar-refractivity contribution is 0.189. The smallest absolute Gasteiger partial charge is 0.321 e. The molecular weight excluding hydrogens is 280 g/mol. The van der Waals surface area contributed by atoms with Gasteiger partial charge in [0.05, 0.1) is 6.54 Å². The van der Waals surface area contributed by atoms with Gasteiger partial charge in [0.2, 0.25) is 5.88 Å². The van der Waals surface area contributed by atoms with Gasteiger partial charge in [-0.15, -0.1) is 0 Å². The van der Waals surface area contributed by atoms with Gasteiger partial charge in [-0.2, -0.15) is 4.98 Å². The van der Waals surface area contributed by atoms with E-state index in [1.54, 1.807) is 17.2 Å². The van der Waals surface area contributed by atoms with Gasteiger partial charge >= 0.3 is 6.03 Å². The van der Waals surface area contributed by atoms with Gasteiger partial charge in [-0.1, -0.05) is 18.2 Å². The molecule has 1 fully saturated rings. The number of benzene rings is 1. The van der Waals surface area contributed by atoms with Crippen molar-refractivity contribution in [3.63, 3.8) is 0 Å². The molecule has 1 atom stereocenters. The zero-order valence-corrected chi connectivity index (χ0v) is 12.4. The van der Waals surface area contributed by atoms with E-state index in [4.69, 9.17) is 4.74 Å². The number of aromatic nitrogens is 2. The third-order valence-electron chi connectivity index (χ3n) is 3.50. The summed E-state index contributed by atoms with van der Waals surface area (Å²) in [6, 6.07) is 11.1. The number of nitrogens with zero attached hydrogens (tertiary/aromatic N) is 3. The average Bonchev–Trinajstić information content (AvgIpc) is 2.97. The summed E-state index contributed by atoms with van der Waals surface area (Å²) >= 11 is 0. The number of ether oxygens (including phenoxy) is 1. The summed E-state index contributed by atoms with van der Waals surface area (Å²) < 4.78 is 5.81. The molecule has 0 unspecified atom stereocenters. The maximum absolute atomic E-state index is 12.2. The number of carbonyl (C=O) groups excluding carboxylic acids is 1. The quantitative estimate of drug-likeness (QED) is 0.945. The van der Waals surface area contributed by atoms with Crippen molar-refractivity contribution >= 4 is 11.7 Å². The van der Waals surface area contributed by atoms with E-state index in [2.05, 4.69) is 15.3 Å². The SMILES string of the molecule is Cc1nccc(O[C@@H]2CCN(C(=O)Nc3ccccc3)C2)n1. The van der Waals surface area contributed by atoms with Crippen LogP contribution < -0.4 is 10.1 Å². The monoisotopic (exact) mass is 298 g/mol. The number of likely N-dealkylation sites (tertiary alicyclic amines) is 1. The van der Waals surface area contributed by atoms with E-state index in [0.29, 0.717) is 24.8 Å². The highest BCUT2D eigenvalue weighted by Gasteiger charge is 2.28. The molecule has 1 aromatic carbocycles. The number of hydrogen-bond donors (Lipinski definition) is 1. The van der Waals surface area contributed by atoms with Gasteiger partial charge in [0.15, 0.2) is 0 Å². The summed E-state index contributed by atoms with van der Waals surface area (Å²) in [6.07, 6.45) is 2.44. The molecule has 0 aliphatic carbocycles. The van der Waals surface area contributed by atoms with E-state index in [0.717, 1.165) is 12.1 Å². The largest absolute Gasteiger partial charge is 0.472 e. The Balaban J connectivity index is 1.54. The molecule has 0 spiro atoms. The van der Waals surface area contributed by atoms with E-state index < -0.39 is 0 Å². The maximum Gasteiger partial charge on any atom is 0.321 e. The van der Waals surface area contributed by atoms with Crippen LogP contribution in [0, 0.1) is 6.92 Å². The van der Waals surface area contributed by atoms with Crippen LogP contribution in [-0.4, -0.2) is 40.1 Å². The number of para-hydroxylation sites is 1. The lowest BCUT2D eigenvalue weighted by Gasteiger charge is -2.17. The van der Waals surface area contributed by atoms with E-state index in [-0.39, 0.29) is 12.1 Å². The number of anilines is 1. The molecule has 6 nitrogen and oxygen atoms in total. The highest BCUT2D eigenvalue weighted by atomic mass is 16.5. The molecule has 22 heavy (non-hydrogen) atoms. The summed E-state index contributed by atoms with van der Waals surface area (Å²) in [4.78, 5) is 22.2. The third-order valence-corrected chi connectivity index (χ3v) is 3.50. The molecule has 1 aliphatic heterocycles. The minimum absolute atomic E-state index is 0.0316. The molecule has 114 valence electrons. The molecule has 1 aromatic heterocycles. The van der Waals surface area contributed by atoms with E-state index in [1.807, 2.05) is 37.3 Å². The first-order valence-corrected chi connectivity index (χ1v) is 7.28. The Morgan fingerprint density at radius 2 is 2.14 bits per heavy atom. The van der Waals surface area contributed by atoms with Crippen molar-refractivity contribution < 1.29 is 9.53 Å². The highest BCUT2D eigenvalue weighted by molar-refractivity contribution is 5.89. The first kappa shape index (κ1) is 14.3. The van der Waals surface area contributed by atoms with Crippen LogP contribution in [0.2, 0.25) is 0 Å². The van der Waals surface area contributed by atoms with Gasteiger partial charge in [0.25, 0.3) is 0 Å². The molecule has 3 rings (SSSR count). The highest BCUT2D eigenvalue weighted by Crippen LogP contribution is 2.17. The number of carbonyl (C=O) groups is 1. The van der Waals surface area contributed by atoms with Crippen molar-refractivity contribution in [1.82, 2.24) is 14.9 Å². The van der Waals surface area contributed by atoms with Crippen molar-refractivity contribution in [2.24, 2.45) is 0 Å². The Morgan fingerprint density at radius 1 is 1.32 bits per heavy atom. The second-order valence-electron chi connectivity index (χ2n) is 5.21. The number of rotatable bonds is 3. The summed E-state index contributed by atoms with van der Waals surface area (Å²) in [5, 5.41) is 2.88. The van der Waals surface area contributed by atoms with Crippen molar-refractivity contribution in [2.45, 2.75) is 19.4 Å². The lowest BCUT2D eigenvalue weighted by atomic mass is 10.3. The van der Waals surface area contributed by atoms with Crippen molar-refractivity contribution in [3.8, 4) is 5.88 Å². The van der Waals surface area contributed by atoms with Crippen LogP contribution in [0.4, 0.5) is 10.5 Å². The second-order valence-corrected chi connectivity index (χ2v) is 5.21. The number of hydrogen-bond acceptors (Lipinski definition) is 4. The van der Waals surface area contributed by atoms with Crippen molar-refractivity contribution in [2.75, 3.05) is 18.4 Å². The zero-order chi connectivity index (χ0) is 15.4. The second kappa shape index (κ2) is 6.43. The molecule has 1 saturated heterocycles. The molecule has 0 saturated carbocycles. The molecular formula is C16H18N4O2. The van der Waals surface area contributed by atoms with Crippen LogP contribution >= 0.6 is 0 Å². The summed E-state index contributed by atoms with van der Waals surface area (Å²) in [5.74, 6) is 1.23. The van der Waals surface area contributed by atoms with Crippen molar-refractivity contribution in [3.05, 3.63) is 48.4 Å². The van der Waals surface area contributed by atoms with Crippen LogP contribution in [-0.2, 0) is 0 Å². The first-order valence-electron chi connectivity index (χ1n) is 7.28. The molecule has 0 bridgehead atoms. The van der Waals surface area contributed by atoms with Crippen molar-refractivity contribution in [1.29, 1.82) is 0 Å². The van der Waals surface area contributed by atoms with Gasteiger partial charge in [0.1, 0.15) is 11.9 Å². The van der Waals surface area contributed by atoms with Crippen LogP contribution in [0.5, 0.6) is 5.88 Å². The topological polar surface area (TPSA) is 67.3 Å². The predicted octanol–water partition coefficient (Wildman–Crippen LogP) is 2.47. The van der Waals surface area contributed by atoms with E-state index in [9.17, 15) is 4.79 Å². The van der Waals surface area contributed by atoms with Gasteiger partial charge in [-0.25, -0.2) is 9.78 Å². The summed E-state index contributed by atoms with van der Waals surface area (Å²) in [5.41, 5.74) is 0.795. The minimum Gasteiger partial charge on any atom is -0.472 e. The average molecular weight is 298 g/mol. The van der Waals surface area contributed by atoms with Gasteiger partial charge in [-0.05, 0) is 19.1 Å². The van der Waals surface area contributed by atoms with Crippen LogP contribution in [0.3, 0.4) is 0 Å². The Morgan fingerprint density at radius 3 is 2.91 bits per heavy atom. The Labute approximate surface area is 129 Å². The first-order chi connectivity index (χ1) is 10.7. The standard InChI is InChI=1S/C16H18N4O2/c1-12-17-9-7-15(18-12)22-14-8-10-20(11-14)16(21)19-13-5-3-2-4-6-13/h2-7,9,14H,8,10-11H2,1H3,(H,19,21)/t14-/m1/s1. The number of urea groups is 1. The maximum atomic E-state index is 12.2. The normalized spacial score (nSPS) is 17.3. The summed E-state index contributed by atoms with van der Waals surface area (Å²) in [7, 11) is 0. The number of amides is 2. The van der Waals surface area contributed by atoms with Crippen LogP contribution in [0.25, 0.3) is 0 Å². The Kier molecular flexibility index (Phi) is 4.18. The number of nitrogens with one attached hydrogen (secondary N) is 1. The predicted molar refractivity (Wildman–Crippen MR) is 82.8 cm³/mol. The van der Waals surface area contributed by atoms with Gasteiger partial charge in [-0.3, -0.25) is 0 Å². The molecule has 0 radical (unpaired) electrons. The fourth-order valence-electron chi connectivity index (χ4n) is 2.40. The van der Waals surface area contributed by atoms with E-state index in [1.165, 1.54) is 0 Å². The van der Waals surface area contributed by atoms with Crippen LogP contribution in [0.1, 0.15) is 12.2 Å². The fourth-order valence-corrected chi connectivity index (χ4v) is 2.40. The molecule has 2 heterocycles.